The molecule has 2 nitrogen and oxygen atoms in total. The van der Waals surface area contributed by atoms with E-state index in [-0.39, 0.29) is 0 Å². The van der Waals surface area contributed by atoms with Crippen LogP contribution in [0, 0.1) is 0 Å². The molecule has 0 aromatic rings. The SMILES string of the molecule is C=C(N=C/C(C)=C\N)C(F)(F)F. The lowest BCUT2D eigenvalue weighted by Crippen LogP contribution is -2.08. The molecule has 0 aliphatic rings. The minimum absolute atomic E-state index is 0.445. The zero-order valence-electron chi connectivity index (χ0n) is 6.52. The second-order valence-electron chi connectivity index (χ2n) is 2.11. The number of halogens is 3. The molecule has 0 atom stereocenters. The molecule has 2 N–H and O–H groups in total. The van der Waals surface area contributed by atoms with Crippen molar-refractivity contribution in [2.45, 2.75) is 13.1 Å². The van der Waals surface area contributed by atoms with Crippen LogP contribution in [0.3, 0.4) is 0 Å². The average Bonchev–Trinajstić information content (AvgIpc) is 1.97. The number of allylic oxidation sites excluding steroid dienone is 2. The maximum atomic E-state index is 11.7. The van der Waals surface area contributed by atoms with Gasteiger partial charge < -0.3 is 5.73 Å². The first-order valence-corrected chi connectivity index (χ1v) is 3.06. The van der Waals surface area contributed by atoms with Gasteiger partial charge in [0.05, 0.1) is 0 Å². The highest BCUT2D eigenvalue weighted by atomic mass is 19.4. The number of aliphatic imine (C=N–C) groups is 1. The molecule has 0 bridgehead atoms. The van der Waals surface area contributed by atoms with Crippen molar-refractivity contribution in [2.24, 2.45) is 10.7 Å². The van der Waals surface area contributed by atoms with Crippen molar-refractivity contribution < 1.29 is 13.2 Å². The molecule has 0 rings (SSSR count). The van der Waals surface area contributed by atoms with Gasteiger partial charge in [0.15, 0.2) is 0 Å². The summed E-state index contributed by atoms with van der Waals surface area (Å²) in [4.78, 5) is 3.07. The fraction of sp³-hybridized carbons (Fsp3) is 0.286. The number of hydrogen-bond acceptors (Lipinski definition) is 2. The molecule has 0 aliphatic heterocycles. The van der Waals surface area contributed by atoms with Gasteiger partial charge in [0, 0.05) is 6.21 Å². The van der Waals surface area contributed by atoms with Gasteiger partial charge in [-0.2, -0.15) is 13.2 Å². The van der Waals surface area contributed by atoms with Crippen LogP contribution in [0.1, 0.15) is 6.92 Å². The first-order valence-electron chi connectivity index (χ1n) is 3.06. The maximum Gasteiger partial charge on any atom is 0.432 e. The Kier molecular flexibility index (Phi) is 3.53. The van der Waals surface area contributed by atoms with Crippen LogP contribution in [0.15, 0.2) is 29.0 Å². The Morgan fingerprint density at radius 1 is 1.50 bits per heavy atom. The second-order valence-corrected chi connectivity index (χ2v) is 2.11. The van der Waals surface area contributed by atoms with Crippen molar-refractivity contribution in [1.29, 1.82) is 0 Å². The Morgan fingerprint density at radius 3 is 2.33 bits per heavy atom. The highest BCUT2D eigenvalue weighted by Gasteiger charge is 2.31. The van der Waals surface area contributed by atoms with Crippen molar-refractivity contribution >= 4 is 6.21 Å². The monoisotopic (exact) mass is 178 g/mol. The van der Waals surface area contributed by atoms with E-state index in [4.69, 9.17) is 5.73 Å². The standard InChI is InChI=1S/C7H9F3N2/c1-5(3-11)4-12-6(2)7(8,9)10/h3-4H,2,11H2,1H3/b5-3-,12-4?. The van der Waals surface area contributed by atoms with Gasteiger partial charge in [0.1, 0.15) is 5.70 Å². The van der Waals surface area contributed by atoms with Crippen molar-refractivity contribution in [1.82, 2.24) is 0 Å². The summed E-state index contributed by atoms with van der Waals surface area (Å²) >= 11 is 0. The third kappa shape index (κ3) is 3.80. The summed E-state index contributed by atoms with van der Waals surface area (Å²) in [5, 5.41) is 0. The van der Waals surface area contributed by atoms with Crippen molar-refractivity contribution in [3.05, 3.63) is 24.0 Å². The first kappa shape index (κ1) is 10.7. The van der Waals surface area contributed by atoms with E-state index in [0.717, 1.165) is 12.4 Å². The number of hydrogen-bond donors (Lipinski definition) is 1. The number of alkyl halides is 3. The van der Waals surface area contributed by atoms with Gasteiger partial charge in [0.2, 0.25) is 0 Å². The Bertz CT molecular complexity index is 225. The van der Waals surface area contributed by atoms with Crippen molar-refractivity contribution in [3.63, 3.8) is 0 Å². The van der Waals surface area contributed by atoms with E-state index in [1.165, 1.54) is 6.92 Å². The lowest BCUT2D eigenvalue weighted by atomic mass is 10.3. The predicted molar refractivity (Wildman–Crippen MR) is 41.6 cm³/mol. The molecule has 0 aliphatic carbocycles. The summed E-state index contributed by atoms with van der Waals surface area (Å²) in [7, 11) is 0. The van der Waals surface area contributed by atoms with E-state index in [2.05, 4.69) is 11.6 Å². The van der Waals surface area contributed by atoms with E-state index in [9.17, 15) is 13.2 Å². The lowest BCUT2D eigenvalue weighted by Gasteiger charge is -2.03. The van der Waals surface area contributed by atoms with Crippen LogP contribution in [0.4, 0.5) is 13.2 Å². The van der Waals surface area contributed by atoms with Gasteiger partial charge in [-0.15, -0.1) is 0 Å². The third-order valence-corrected chi connectivity index (χ3v) is 1.01. The van der Waals surface area contributed by atoms with E-state index < -0.39 is 11.9 Å². The predicted octanol–water partition coefficient (Wildman–Crippen LogP) is 2.00. The molecule has 0 fully saturated rings. The van der Waals surface area contributed by atoms with Gasteiger partial charge in [-0.25, -0.2) is 0 Å². The molecule has 0 aromatic carbocycles. The molecule has 5 heteroatoms. The minimum Gasteiger partial charge on any atom is -0.404 e. The van der Waals surface area contributed by atoms with E-state index in [1.54, 1.807) is 0 Å². The van der Waals surface area contributed by atoms with Gasteiger partial charge in [-0.05, 0) is 18.7 Å². The summed E-state index contributed by atoms with van der Waals surface area (Å²) in [6.45, 7) is 4.28. The van der Waals surface area contributed by atoms with Gasteiger partial charge >= 0.3 is 6.18 Å². The van der Waals surface area contributed by atoms with Gasteiger partial charge in [-0.3, -0.25) is 4.99 Å². The van der Waals surface area contributed by atoms with Crippen LogP contribution in [0.25, 0.3) is 0 Å². The molecule has 0 amide bonds. The van der Waals surface area contributed by atoms with E-state index in [1.807, 2.05) is 0 Å². The number of rotatable bonds is 2. The minimum atomic E-state index is -4.47. The molecule has 0 saturated heterocycles. The zero-order valence-corrected chi connectivity index (χ0v) is 6.52. The van der Waals surface area contributed by atoms with Gasteiger partial charge in [-0.1, -0.05) is 6.58 Å². The second kappa shape index (κ2) is 3.94. The van der Waals surface area contributed by atoms with Crippen LogP contribution in [-0.4, -0.2) is 12.4 Å². The molecule has 0 radical (unpaired) electrons. The molecular weight excluding hydrogens is 169 g/mol. The molecule has 0 unspecified atom stereocenters. The quantitative estimate of drug-likeness (QED) is 0.645. The van der Waals surface area contributed by atoms with Crippen molar-refractivity contribution in [2.75, 3.05) is 0 Å². The largest absolute Gasteiger partial charge is 0.432 e. The summed E-state index contributed by atoms with van der Waals surface area (Å²) in [5.41, 5.74) is 4.31. The highest BCUT2D eigenvalue weighted by molar-refractivity contribution is 5.78. The number of nitrogens with zero attached hydrogens (tertiary/aromatic N) is 1. The van der Waals surface area contributed by atoms with Gasteiger partial charge in [0.25, 0.3) is 0 Å². The fourth-order valence-electron chi connectivity index (χ4n) is 0.296. The van der Waals surface area contributed by atoms with Crippen molar-refractivity contribution in [3.8, 4) is 0 Å². The Hall–Kier alpha value is -1.26. The van der Waals surface area contributed by atoms with Crippen LogP contribution in [0.5, 0.6) is 0 Å². The molecular formula is C7H9F3N2. The Balaban J connectivity index is 4.29. The van der Waals surface area contributed by atoms with Crippen LogP contribution < -0.4 is 5.73 Å². The first-order chi connectivity index (χ1) is 5.38. The molecule has 0 spiro atoms. The Labute approximate surface area is 68.3 Å². The summed E-state index contributed by atoms with van der Waals surface area (Å²) < 4.78 is 35.2. The summed E-state index contributed by atoms with van der Waals surface area (Å²) in [5.74, 6) is 0. The topological polar surface area (TPSA) is 38.4 Å². The molecule has 0 heterocycles. The number of nitrogens with two attached hydrogens (primary N) is 1. The maximum absolute atomic E-state index is 11.7. The third-order valence-electron chi connectivity index (χ3n) is 1.01. The van der Waals surface area contributed by atoms with Crippen LogP contribution in [0.2, 0.25) is 0 Å². The zero-order chi connectivity index (χ0) is 9.78. The Morgan fingerprint density at radius 2 is 2.00 bits per heavy atom. The molecule has 0 saturated carbocycles. The molecule has 0 aromatic heterocycles. The fourth-order valence-corrected chi connectivity index (χ4v) is 0.296. The van der Waals surface area contributed by atoms with E-state index >= 15 is 0 Å². The van der Waals surface area contributed by atoms with E-state index in [0.29, 0.717) is 5.57 Å². The summed E-state index contributed by atoms with van der Waals surface area (Å²) in [6, 6.07) is 0. The molecule has 12 heavy (non-hydrogen) atoms. The molecule has 68 valence electrons. The highest BCUT2D eigenvalue weighted by Crippen LogP contribution is 2.24. The average molecular weight is 178 g/mol. The normalized spacial score (nSPS) is 13.8. The van der Waals surface area contributed by atoms with Crippen LogP contribution in [-0.2, 0) is 0 Å². The van der Waals surface area contributed by atoms with Crippen LogP contribution >= 0.6 is 0 Å². The lowest BCUT2D eigenvalue weighted by molar-refractivity contribution is -0.0918. The smallest absolute Gasteiger partial charge is 0.404 e. The summed E-state index contributed by atoms with van der Waals surface area (Å²) in [6.07, 6.45) is -2.30.